The molecule has 2 aromatic rings. The lowest BCUT2D eigenvalue weighted by atomic mass is 9.87. The Kier molecular flexibility index (Phi) is 4.41. The van der Waals surface area contributed by atoms with Crippen molar-refractivity contribution in [3.63, 3.8) is 0 Å². The minimum absolute atomic E-state index is 0.0859. The predicted octanol–water partition coefficient (Wildman–Crippen LogP) is 5.30. The second-order valence-electron chi connectivity index (χ2n) is 5.08. The summed E-state index contributed by atoms with van der Waals surface area (Å²) in [5, 5.41) is -0.0859. The Morgan fingerprint density at radius 1 is 1.29 bits per heavy atom. The number of benzene rings is 2. The highest BCUT2D eigenvalue weighted by Crippen LogP contribution is 2.45. The zero-order valence-corrected chi connectivity index (χ0v) is 14.0. The topological polar surface area (TPSA) is 18.5 Å². The van der Waals surface area contributed by atoms with Crippen LogP contribution in [0.2, 0.25) is 0 Å². The minimum Gasteiger partial charge on any atom is -0.496 e. The number of ether oxygens (including phenoxy) is 2. The van der Waals surface area contributed by atoms with Gasteiger partial charge in [0.05, 0.1) is 23.6 Å². The van der Waals surface area contributed by atoms with Crippen molar-refractivity contribution in [2.75, 3.05) is 13.7 Å². The number of hydrogen-bond acceptors (Lipinski definition) is 2. The van der Waals surface area contributed by atoms with Crippen LogP contribution < -0.4 is 9.47 Å². The molecule has 2 unspecified atom stereocenters. The molecular weight excluding hydrogens is 352 g/mol. The summed E-state index contributed by atoms with van der Waals surface area (Å²) in [6, 6.07) is 14.2. The van der Waals surface area contributed by atoms with E-state index in [0.29, 0.717) is 6.61 Å². The molecular formula is C17H16BrClO2. The largest absolute Gasteiger partial charge is 0.496 e. The van der Waals surface area contributed by atoms with Crippen LogP contribution in [0.15, 0.2) is 46.9 Å². The van der Waals surface area contributed by atoms with Crippen molar-refractivity contribution in [3.8, 4) is 11.5 Å². The van der Waals surface area contributed by atoms with Gasteiger partial charge in [-0.1, -0.05) is 24.3 Å². The SMILES string of the molecule is COc1ccc(C(Cl)C2CCOc3ccccc32)cc1Br. The van der Waals surface area contributed by atoms with Gasteiger partial charge in [-0.3, -0.25) is 0 Å². The Balaban J connectivity index is 1.92. The second-order valence-corrected chi connectivity index (χ2v) is 6.40. The van der Waals surface area contributed by atoms with E-state index in [-0.39, 0.29) is 11.3 Å². The van der Waals surface area contributed by atoms with Crippen LogP contribution >= 0.6 is 27.5 Å². The lowest BCUT2D eigenvalue weighted by Crippen LogP contribution is -2.17. The molecule has 0 spiro atoms. The van der Waals surface area contributed by atoms with Crippen LogP contribution in [0, 0.1) is 0 Å². The van der Waals surface area contributed by atoms with Crippen LogP contribution in [0.4, 0.5) is 0 Å². The Morgan fingerprint density at radius 3 is 2.86 bits per heavy atom. The molecule has 0 saturated carbocycles. The van der Waals surface area contributed by atoms with Gasteiger partial charge >= 0.3 is 0 Å². The molecule has 1 aliphatic rings. The molecule has 1 aliphatic heterocycles. The van der Waals surface area contributed by atoms with Crippen LogP contribution in [0.25, 0.3) is 0 Å². The first-order valence-corrected chi connectivity index (χ1v) is 8.13. The lowest BCUT2D eigenvalue weighted by Gasteiger charge is -2.29. The van der Waals surface area contributed by atoms with Crippen molar-refractivity contribution < 1.29 is 9.47 Å². The highest BCUT2D eigenvalue weighted by Gasteiger charge is 2.28. The van der Waals surface area contributed by atoms with Gasteiger partial charge in [0.15, 0.2) is 0 Å². The fourth-order valence-corrected chi connectivity index (χ4v) is 3.72. The Hall–Kier alpha value is -1.19. The molecule has 21 heavy (non-hydrogen) atoms. The quantitative estimate of drug-likeness (QED) is 0.685. The van der Waals surface area contributed by atoms with Crippen LogP contribution in [0.1, 0.15) is 28.8 Å². The number of halogens is 2. The summed E-state index contributed by atoms with van der Waals surface area (Å²) in [5.74, 6) is 2.03. The van der Waals surface area contributed by atoms with Crippen molar-refractivity contribution in [2.45, 2.75) is 17.7 Å². The highest BCUT2D eigenvalue weighted by molar-refractivity contribution is 9.10. The van der Waals surface area contributed by atoms with Gasteiger partial charge in [0.1, 0.15) is 11.5 Å². The number of fused-ring (bicyclic) bond motifs is 1. The first kappa shape index (κ1) is 14.7. The molecule has 0 bridgehead atoms. The van der Waals surface area contributed by atoms with Crippen LogP contribution in [0.3, 0.4) is 0 Å². The van der Waals surface area contributed by atoms with E-state index in [9.17, 15) is 0 Å². The van der Waals surface area contributed by atoms with E-state index in [1.54, 1.807) is 7.11 Å². The van der Waals surface area contributed by atoms with Gasteiger partial charge in [0.25, 0.3) is 0 Å². The van der Waals surface area contributed by atoms with E-state index < -0.39 is 0 Å². The molecule has 2 nitrogen and oxygen atoms in total. The molecule has 0 aromatic heterocycles. The van der Waals surface area contributed by atoms with Gasteiger partial charge in [-0.25, -0.2) is 0 Å². The average Bonchev–Trinajstić information content (AvgIpc) is 2.53. The number of alkyl halides is 1. The van der Waals surface area contributed by atoms with E-state index in [2.05, 4.69) is 22.0 Å². The van der Waals surface area contributed by atoms with E-state index in [1.807, 2.05) is 36.4 Å². The third kappa shape index (κ3) is 2.90. The third-order valence-corrected chi connectivity index (χ3v) is 5.03. The summed E-state index contributed by atoms with van der Waals surface area (Å²) in [6.45, 7) is 0.711. The predicted molar refractivity (Wildman–Crippen MR) is 88.6 cm³/mol. The Morgan fingerprint density at radius 2 is 2.10 bits per heavy atom. The molecule has 110 valence electrons. The van der Waals surface area contributed by atoms with Crippen LogP contribution in [0.5, 0.6) is 11.5 Å². The molecule has 0 aliphatic carbocycles. The summed E-state index contributed by atoms with van der Waals surface area (Å²) in [5.41, 5.74) is 2.28. The first-order chi connectivity index (χ1) is 10.2. The number of methoxy groups -OCH3 is 1. The zero-order valence-electron chi connectivity index (χ0n) is 11.7. The zero-order chi connectivity index (χ0) is 14.8. The van der Waals surface area contributed by atoms with Gasteiger partial charge in [-0.15, -0.1) is 11.6 Å². The van der Waals surface area contributed by atoms with E-state index >= 15 is 0 Å². The number of rotatable bonds is 3. The lowest BCUT2D eigenvalue weighted by molar-refractivity contribution is 0.265. The summed E-state index contributed by atoms with van der Waals surface area (Å²) in [7, 11) is 1.66. The maximum atomic E-state index is 6.76. The van der Waals surface area contributed by atoms with Gasteiger partial charge in [-0.2, -0.15) is 0 Å². The standard InChI is InChI=1S/C17H16BrClO2/c1-20-16-7-6-11(10-14(16)18)17(19)13-8-9-21-15-5-3-2-4-12(13)15/h2-7,10,13,17H,8-9H2,1H3. The molecule has 4 heteroatoms. The fraction of sp³-hybridized carbons (Fsp3) is 0.294. The summed E-state index contributed by atoms with van der Waals surface area (Å²) < 4.78 is 11.9. The average molecular weight is 368 g/mol. The number of para-hydroxylation sites is 1. The Bertz CT molecular complexity index is 644. The van der Waals surface area contributed by atoms with Crippen molar-refractivity contribution in [1.82, 2.24) is 0 Å². The maximum absolute atomic E-state index is 6.76. The molecule has 0 radical (unpaired) electrons. The maximum Gasteiger partial charge on any atom is 0.133 e. The molecule has 2 aromatic carbocycles. The van der Waals surface area contributed by atoms with Gasteiger partial charge in [0, 0.05) is 5.92 Å². The van der Waals surface area contributed by atoms with Gasteiger partial charge in [-0.05, 0) is 51.7 Å². The smallest absolute Gasteiger partial charge is 0.133 e. The highest BCUT2D eigenvalue weighted by atomic mass is 79.9. The van der Waals surface area contributed by atoms with E-state index in [1.165, 1.54) is 5.56 Å². The molecule has 0 saturated heterocycles. The van der Waals surface area contributed by atoms with E-state index in [0.717, 1.165) is 28.0 Å². The minimum atomic E-state index is -0.0859. The monoisotopic (exact) mass is 366 g/mol. The van der Waals surface area contributed by atoms with E-state index in [4.69, 9.17) is 21.1 Å². The van der Waals surface area contributed by atoms with Crippen molar-refractivity contribution in [1.29, 1.82) is 0 Å². The molecule has 0 fully saturated rings. The van der Waals surface area contributed by atoms with Crippen LogP contribution in [-0.4, -0.2) is 13.7 Å². The molecule has 2 atom stereocenters. The summed E-state index contributed by atoms with van der Waals surface area (Å²) in [6.07, 6.45) is 0.925. The van der Waals surface area contributed by atoms with Crippen molar-refractivity contribution >= 4 is 27.5 Å². The third-order valence-electron chi connectivity index (χ3n) is 3.85. The number of hydrogen-bond donors (Lipinski definition) is 0. The normalized spacial score (nSPS) is 18.5. The van der Waals surface area contributed by atoms with Gasteiger partial charge in [0.2, 0.25) is 0 Å². The summed E-state index contributed by atoms with van der Waals surface area (Å²) in [4.78, 5) is 0. The molecule has 0 N–H and O–H groups in total. The van der Waals surface area contributed by atoms with Gasteiger partial charge < -0.3 is 9.47 Å². The summed E-state index contributed by atoms with van der Waals surface area (Å²) >= 11 is 10.3. The first-order valence-electron chi connectivity index (χ1n) is 6.90. The molecule has 0 amide bonds. The van der Waals surface area contributed by atoms with Crippen LogP contribution in [-0.2, 0) is 0 Å². The molecule has 1 heterocycles. The van der Waals surface area contributed by atoms with Crippen molar-refractivity contribution in [3.05, 3.63) is 58.1 Å². The second kappa shape index (κ2) is 6.29. The molecule has 3 rings (SSSR count). The fourth-order valence-electron chi connectivity index (χ4n) is 2.76. The van der Waals surface area contributed by atoms with Crippen molar-refractivity contribution in [2.24, 2.45) is 0 Å². The Labute approximate surface area is 138 Å².